The zero-order valence-corrected chi connectivity index (χ0v) is 12.6. The Hall–Kier alpha value is -1.43. The van der Waals surface area contributed by atoms with E-state index in [1.54, 1.807) is 16.2 Å². The minimum atomic E-state index is -0.687. The number of piperazine rings is 1. The minimum Gasteiger partial charge on any atom is -0.340 e. The summed E-state index contributed by atoms with van der Waals surface area (Å²) in [4.78, 5) is 30.5. The first-order chi connectivity index (χ1) is 9.49. The molecule has 0 radical (unpaired) electrons. The van der Waals surface area contributed by atoms with E-state index in [1.807, 2.05) is 19.2 Å². The van der Waals surface area contributed by atoms with Gasteiger partial charge in [0.25, 0.3) is 0 Å². The monoisotopic (exact) mass is 293 g/mol. The highest BCUT2D eigenvalue weighted by atomic mass is 32.1. The Kier molecular flexibility index (Phi) is 3.28. The van der Waals surface area contributed by atoms with Gasteiger partial charge in [0, 0.05) is 18.3 Å². The standard InChI is InChI=1S/C14H19N3O2S/c1-9-15-11(8-20-9)5-6-17-7-12(18)16-14(2,13(17)19)10-3-4-10/h8,10H,3-7H2,1-2H3,(H,16,18). The second kappa shape index (κ2) is 4.84. The Balaban J connectivity index is 1.68. The number of amides is 2. The summed E-state index contributed by atoms with van der Waals surface area (Å²) in [5, 5.41) is 5.94. The summed E-state index contributed by atoms with van der Waals surface area (Å²) >= 11 is 1.61. The molecule has 0 aromatic carbocycles. The van der Waals surface area contributed by atoms with Crippen molar-refractivity contribution in [3.05, 3.63) is 16.1 Å². The number of rotatable bonds is 4. The van der Waals surface area contributed by atoms with Crippen molar-refractivity contribution in [2.24, 2.45) is 5.92 Å². The smallest absolute Gasteiger partial charge is 0.248 e. The lowest BCUT2D eigenvalue weighted by Gasteiger charge is -2.40. The van der Waals surface area contributed by atoms with E-state index in [9.17, 15) is 9.59 Å². The predicted octanol–water partition coefficient (Wildman–Crippen LogP) is 1.12. The van der Waals surface area contributed by atoms with Crippen LogP contribution in [0.25, 0.3) is 0 Å². The van der Waals surface area contributed by atoms with Gasteiger partial charge in [0.1, 0.15) is 5.54 Å². The molecule has 5 nitrogen and oxygen atoms in total. The van der Waals surface area contributed by atoms with E-state index in [0.29, 0.717) is 18.9 Å². The van der Waals surface area contributed by atoms with Crippen molar-refractivity contribution in [1.29, 1.82) is 0 Å². The van der Waals surface area contributed by atoms with Crippen molar-refractivity contribution in [3.63, 3.8) is 0 Å². The van der Waals surface area contributed by atoms with E-state index in [4.69, 9.17) is 0 Å². The maximum Gasteiger partial charge on any atom is 0.248 e. The Morgan fingerprint density at radius 2 is 2.25 bits per heavy atom. The number of carbonyl (C=O) groups excluding carboxylic acids is 2. The van der Waals surface area contributed by atoms with Gasteiger partial charge in [0.05, 0.1) is 17.2 Å². The normalized spacial score (nSPS) is 26.8. The molecule has 1 saturated heterocycles. The SMILES string of the molecule is Cc1nc(CCN2CC(=O)NC(C)(C3CC3)C2=O)cs1. The van der Waals surface area contributed by atoms with Crippen LogP contribution in [0.1, 0.15) is 30.5 Å². The van der Waals surface area contributed by atoms with E-state index >= 15 is 0 Å². The molecule has 108 valence electrons. The summed E-state index contributed by atoms with van der Waals surface area (Å²) < 4.78 is 0. The Morgan fingerprint density at radius 1 is 1.50 bits per heavy atom. The largest absolute Gasteiger partial charge is 0.340 e. The number of aryl methyl sites for hydroxylation is 1. The number of hydrogen-bond donors (Lipinski definition) is 1. The van der Waals surface area contributed by atoms with Crippen LogP contribution in [0.2, 0.25) is 0 Å². The Morgan fingerprint density at radius 3 is 2.85 bits per heavy atom. The molecule has 1 unspecified atom stereocenters. The average molecular weight is 293 g/mol. The van der Waals surface area contributed by atoms with Gasteiger partial charge >= 0.3 is 0 Å². The van der Waals surface area contributed by atoms with Crippen molar-refractivity contribution < 1.29 is 9.59 Å². The molecule has 1 aliphatic heterocycles. The second-order valence-electron chi connectivity index (χ2n) is 5.86. The molecule has 20 heavy (non-hydrogen) atoms. The van der Waals surface area contributed by atoms with Crippen LogP contribution in [-0.4, -0.2) is 40.3 Å². The van der Waals surface area contributed by atoms with Crippen LogP contribution in [0.3, 0.4) is 0 Å². The average Bonchev–Trinajstić information content (AvgIpc) is 3.17. The number of aromatic nitrogens is 1. The first kappa shape index (κ1) is 13.5. The van der Waals surface area contributed by atoms with Gasteiger partial charge in [-0.15, -0.1) is 11.3 Å². The van der Waals surface area contributed by atoms with Gasteiger partial charge in [-0.05, 0) is 32.6 Å². The van der Waals surface area contributed by atoms with Crippen LogP contribution in [0.15, 0.2) is 5.38 Å². The molecule has 1 aromatic heterocycles. The van der Waals surface area contributed by atoms with Gasteiger partial charge in [-0.1, -0.05) is 0 Å². The van der Waals surface area contributed by atoms with Crippen molar-refractivity contribution in [2.45, 2.75) is 38.6 Å². The fourth-order valence-corrected chi connectivity index (χ4v) is 3.49. The van der Waals surface area contributed by atoms with Crippen molar-refractivity contribution >= 4 is 23.2 Å². The molecule has 2 aliphatic rings. The third-order valence-electron chi connectivity index (χ3n) is 4.16. The van der Waals surface area contributed by atoms with Crippen LogP contribution in [0.4, 0.5) is 0 Å². The summed E-state index contributed by atoms with van der Waals surface area (Å²) in [6.07, 6.45) is 2.77. The van der Waals surface area contributed by atoms with Crippen LogP contribution in [0.5, 0.6) is 0 Å². The number of nitrogens with one attached hydrogen (secondary N) is 1. The van der Waals surface area contributed by atoms with Crippen LogP contribution >= 0.6 is 11.3 Å². The van der Waals surface area contributed by atoms with Gasteiger partial charge in [-0.3, -0.25) is 9.59 Å². The van der Waals surface area contributed by atoms with Crippen LogP contribution < -0.4 is 5.32 Å². The summed E-state index contributed by atoms with van der Waals surface area (Å²) in [6.45, 7) is 4.57. The van der Waals surface area contributed by atoms with Gasteiger partial charge < -0.3 is 10.2 Å². The van der Waals surface area contributed by atoms with E-state index in [1.165, 1.54) is 0 Å². The predicted molar refractivity (Wildman–Crippen MR) is 76.4 cm³/mol. The van der Waals surface area contributed by atoms with Crippen molar-refractivity contribution in [3.8, 4) is 0 Å². The zero-order chi connectivity index (χ0) is 14.3. The van der Waals surface area contributed by atoms with E-state index in [2.05, 4.69) is 10.3 Å². The molecular weight excluding hydrogens is 274 g/mol. The molecule has 6 heteroatoms. The quantitative estimate of drug-likeness (QED) is 0.905. The third-order valence-corrected chi connectivity index (χ3v) is 4.99. The molecule has 1 aromatic rings. The lowest BCUT2D eigenvalue weighted by atomic mass is 9.91. The van der Waals surface area contributed by atoms with E-state index < -0.39 is 5.54 Å². The molecule has 2 heterocycles. The maximum absolute atomic E-state index is 12.6. The van der Waals surface area contributed by atoms with Gasteiger partial charge in [-0.25, -0.2) is 4.98 Å². The summed E-state index contributed by atoms with van der Waals surface area (Å²) in [6, 6.07) is 0. The van der Waals surface area contributed by atoms with Crippen LogP contribution in [0, 0.1) is 12.8 Å². The Labute approximate surface area is 122 Å². The third kappa shape index (κ3) is 2.44. The lowest BCUT2D eigenvalue weighted by Crippen LogP contribution is -2.66. The fourth-order valence-electron chi connectivity index (χ4n) is 2.85. The van der Waals surface area contributed by atoms with E-state index in [0.717, 1.165) is 23.5 Å². The second-order valence-corrected chi connectivity index (χ2v) is 6.92. The van der Waals surface area contributed by atoms with Crippen molar-refractivity contribution in [2.75, 3.05) is 13.1 Å². The molecule has 1 N–H and O–H groups in total. The molecule has 1 saturated carbocycles. The topological polar surface area (TPSA) is 62.3 Å². The molecule has 3 rings (SSSR count). The highest BCUT2D eigenvalue weighted by molar-refractivity contribution is 7.09. The van der Waals surface area contributed by atoms with Gasteiger partial charge in [0.2, 0.25) is 11.8 Å². The first-order valence-corrected chi connectivity index (χ1v) is 7.88. The highest BCUT2D eigenvalue weighted by Crippen LogP contribution is 2.41. The molecular formula is C14H19N3O2S. The number of thiazole rings is 1. The minimum absolute atomic E-state index is 0.0477. The maximum atomic E-state index is 12.6. The molecule has 2 amide bonds. The molecule has 0 spiro atoms. The first-order valence-electron chi connectivity index (χ1n) is 7.00. The molecule has 1 atom stereocenters. The Bertz CT molecular complexity index is 552. The fraction of sp³-hybridized carbons (Fsp3) is 0.643. The highest BCUT2D eigenvalue weighted by Gasteiger charge is 2.52. The summed E-state index contributed by atoms with van der Waals surface area (Å²) in [5.41, 5.74) is 0.312. The summed E-state index contributed by atoms with van der Waals surface area (Å²) in [7, 11) is 0. The number of carbonyl (C=O) groups is 2. The van der Waals surface area contributed by atoms with E-state index in [-0.39, 0.29) is 18.4 Å². The number of hydrogen-bond acceptors (Lipinski definition) is 4. The molecule has 0 bridgehead atoms. The van der Waals surface area contributed by atoms with Gasteiger partial charge in [-0.2, -0.15) is 0 Å². The lowest BCUT2D eigenvalue weighted by molar-refractivity contribution is -0.150. The van der Waals surface area contributed by atoms with Crippen LogP contribution in [-0.2, 0) is 16.0 Å². The van der Waals surface area contributed by atoms with Crippen molar-refractivity contribution in [1.82, 2.24) is 15.2 Å². The molecule has 2 fully saturated rings. The summed E-state index contributed by atoms with van der Waals surface area (Å²) in [5.74, 6) is 0.322. The van der Waals surface area contributed by atoms with Gasteiger partial charge in [0.15, 0.2) is 0 Å². The number of nitrogens with zero attached hydrogens (tertiary/aromatic N) is 2. The zero-order valence-electron chi connectivity index (χ0n) is 11.8. The molecule has 1 aliphatic carbocycles.